The van der Waals surface area contributed by atoms with Crippen LogP contribution in [0.1, 0.15) is 19.4 Å². The molecule has 0 aliphatic carbocycles. The Balaban J connectivity index is 2.35. The molecule has 1 aliphatic heterocycles. The molecule has 2 rings (SSSR count). The van der Waals surface area contributed by atoms with Crippen molar-refractivity contribution in [2.75, 3.05) is 11.9 Å². The van der Waals surface area contributed by atoms with Crippen LogP contribution in [-0.4, -0.2) is 23.8 Å². The summed E-state index contributed by atoms with van der Waals surface area (Å²) < 4.78 is 0. The Hall–Kier alpha value is -1.02. The molecule has 0 saturated carbocycles. The number of para-hydroxylation sites is 1. The van der Waals surface area contributed by atoms with Crippen LogP contribution >= 0.6 is 0 Å². The Bertz CT molecular complexity index is 340. The van der Waals surface area contributed by atoms with Crippen molar-refractivity contribution in [1.82, 2.24) is 0 Å². The molecule has 0 bridgehead atoms. The zero-order valence-corrected chi connectivity index (χ0v) is 8.99. The molecule has 0 aromatic heterocycles. The third-order valence-corrected chi connectivity index (χ3v) is 3.07. The highest BCUT2D eigenvalue weighted by atomic mass is 16.3. The van der Waals surface area contributed by atoms with Crippen molar-refractivity contribution in [3.8, 4) is 0 Å². The lowest BCUT2D eigenvalue weighted by atomic mass is 9.95. The van der Waals surface area contributed by atoms with Crippen molar-refractivity contribution in [2.45, 2.75) is 31.9 Å². The van der Waals surface area contributed by atoms with E-state index < -0.39 is 5.60 Å². The summed E-state index contributed by atoms with van der Waals surface area (Å²) in [7, 11) is 2.05. The second kappa shape index (κ2) is 2.99. The number of hydrogen-bond acceptors (Lipinski definition) is 2. The monoisotopic (exact) mass is 191 g/mol. The lowest BCUT2D eigenvalue weighted by Crippen LogP contribution is -2.46. The molecule has 0 saturated heterocycles. The van der Waals surface area contributed by atoms with Crippen LogP contribution in [0.4, 0.5) is 5.69 Å². The number of benzene rings is 1. The number of aliphatic hydroxyl groups is 1. The van der Waals surface area contributed by atoms with E-state index in [1.165, 1.54) is 11.3 Å². The maximum Gasteiger partial charge on any atom is 0.0797 e. The average Bonchev–Trinajstić information content (AvgIpc) is 2.44. The molecular formula is C12H17NO. The largest absolute Gasteiger partial charge is 0.388 e. The van der Waals surface area contributed by atoms with E-state index in [-0.39, 0.29) is 6.04 Å². The van der Waals surface area contributed by atoms with E-state index in [4.69, 9.17) is 0 Å². The molecule has 1 aromatic rings. The average molecular weight is 191 g/mol. The highest BCUT2D eigenvalue weighted by Gasteiger charge is 2.36. The van der Waals surface area contributed by atoms with Crippen LogP contribution in [0, 0.1) is 0 Å². The molecule has 2 nitrogen and oxygen atoms in total. The standard InChI is InChI=1S/C12H17NO/c1-12(2,14)11-8-9-6-4-5-7-10(9)13(11)3/h4-7,11,14H,8H2,1-3H3. The third kappa shape index (κ3) is 1.40. The molecule has 0 amide bonds. The Morgan fingerprint density at radius 1 is 1.36 bits per heavy atom. The maximum absolute atomic E-state index is 10.0. The lowest BCUT2D eigenvalue weighted by molar-refractivity contribution is 0.0533. The Morgan fingerprint density at radius 3 is 2.57 bits per heavy atom. The molecule has 1 aromatic carbocycles. The van der Waals surface area contributed by atoms with Gasteiger partial charge in [-0.25, -0.2) is 0 Å². The van der Waals surface area contributed by atoms with Crippen LogP contribution in [0.25, 0.3) is 0 Å². The number of hydrogen-bond donors (Lipinski definition) is 1. The van der Waals surface area contributed by atoms with Gasteiger partial charge in [0.25, 0.3) is 0 Å². The van der Waals surface area contributed by atoms with Crippen molar-refractivity contribution < 1.29 is 5.11 Å². The Morgan fingerprint density at radius 2 is 2.00 bits per heavy atom. The van der Waals surface area contributed by atoms with Gasteiger partial charge in [0.1, 0.15) is 0 Å². The van der Waals surface area contributed by atoms with Gasteiger partial charge in [-0.15, -0.1) is 0 Å². The van der Waals surface area contributed by atoms with E-state index in [1.807, 2.05) is 19.9 Å². The fourth-order valence-corrected chi connectivity index (χ4v) is 2.26. The third-order valence-electron chi connectivity index (χ3n) is 3.07. The van der Waals surface area contributed by atoms with Gasteiger partial charge in [0, 0.05) is 12.7 Å². The van der Waals surface area contributed by atoms with Gasteiger partial charge in [0.05, 0.1) is 11.6 Å². The van der Waals surface area contributed by atoms with Crippen LogP contribution in [0.5, 0.6) is 0 Å². The highest BCUT2D eigenvalue weighted by Crippen LogP contribution is 2.34. The van der Waals surface area contributed by atoms with Crippen LogP contribution in [0.15, 0.2) is 24.3 Å². The van der Waals surface area contributed by atoms with Crippen LogP contribution in [0.2, 0.25) is 0 Å². The molecule has 0 fully saturated rings. The van der Waals surface area contributed by atoms with E-state index in [9.17, 15) is 5.11 Å². The second-order valence-corrected chi connectivity index (χ2v) is 4.61. The first kappa shape index (κ1) is 9.53. The molecule has 1 N–H and O–H groups in total. The van der Waals surface area contributed by atoms with Gasteiger partial charge in [-0.1, -0.05) is 18.2 Å². The van der Waals surface area contributed by atoms with E-state index in [1.54, 1.807) is 0 Å². The Labute approximate surface area is 85.2 Å². The summed E-state index contributed by atoms with van der Waals surface area (Å²) in [6.45, 7) is 3.75. The number of nitrogens with zero attached hydrogens (tertiary/aromatic N) is 1. The zero-order chi connectivity index (χ0) is 10.3. The van der Waals surface area contributed by atoms with E-state index in [0.29, 0.717) is 0 Å². The van der Waals surface area contributed by atoms with Crippen molar-refractivity contribution >= 4 is 5.69 Å². The number of fused-ring (bicyclic) bond motifs is 1. The summed E-state index contributed by atoms with van der Waals surface area (Å²) in [6.07, 6.45) is 0.941. The van der Waals surface area contributed by atoms with E-state index >= 15 is 0 Å². The summed E-state index contributed by atoms with van der Waals surface area (Å²) in [5.41, 5.74) is 1.94. The summed E-state index contributed by atoms with van der Waals surface area (Å²) in [5.74, 6) is 0. The van der Waals surface area contributed by atoms with Crippen LogP contribution < -0.4 is 4.90 Å². The minimum Gasteiger partial charge on any atom is -0.388 e. The molecule has 1 atom stereocenters. The quantitative estimate of drug-likeness (QED) is 0.732. The maximum atomic E-state index is 10.0. The SMILES string of the molecule is CN1c2ccccc2CC1C(C)(C)O. The van der Waals surface area contributed by atoms with Gasteiger partial charge in [0.15, 0.2) is 0 Å². The van der Waals surface area contributed by atoms with Gasteiger partial charge in [-0.2, -0.15) is 0 Å². The predicted molar refractivity (Wildman–Crippen MR) is 58.6 cm³/mol. The van der Waals surface area contributed by atoms with Gasteiger partial charge < -0.3 is 10.0 Å². The highest BCUT2D eigenvalue weighted by molar-refractivity contribution is 5.59. The molecule has 0 spiro atoms. The van der Waals surface area contributed by atoms with Crippen molar-refractivity contribution in [2.24, 2.45) is 0 Å². The molecule has 1 unspecified atom stereocenters. The predicted octanol–water partition coefficient (Wildman–Crippen LogP) is 1.82. The van der Waals surface area contributed by atoms with Gasteiger partial charge >= 0.3 is 0 Å². The first-order valence-electron chi connectivity index (χ1n) is 5.03. The number of anilines is 1. The lowest BCUT2D eigenvalue weighted by Gasteiger charge is -2.32. The van der Waals surface area contributed by atoms with Crippen LogP contribution in [0.3, 0.4) is 0 Å². The summed E-state index contributed by atoms with van der Waals surface area (Å²) in [5, 5.41) is 10.0. The normalized spacial score (nSPS) is 21.1. The molecule has 1 aliphatic rings. The van der Waals surface area contributed by atoms with Crippen molar-refractivity contribution in [3.05, 3.63) is 29.8 Å². The molecule has 1 heterocycles. The topological polar surface area (TPSA) is 23.5 Å². The zero-order valence-electron chi connectivity index (χ0n) is 8.99. The number of likely N-dealkylation sites (N-methyl/N-ethyl adjacent to an activating group) is 1. The molecule has 14 heavy (non-hydrogen) atoms. The summed E-state index contributed by atoms with van der Waals surface area (Å²) >= 11 is 0. The first-order chi connectivity index (χ1) is 6.50. The molecule has 2 heteroatoms. The Kier molecular flexibility index (Phi) is 2.04. The molecule has 0 radical (unpaired) electrons. The first-order valence-corrected chi connectivity index (χ1v) is 5.03. The minimum atomic E-state index is -0.645. The summed E-state index contributed by atoms with van der Waals surface area (Å²) in [6, 6.07) is 8.54. The molecule has 76 valence electrons. The number of rotatable bonds is 1. The fraction of sp³-hybridized carbons (Fsp3) is 0.500. The summed E-state index contributed by atoms with van der Waals surface area (Å²) in [4.78, 5) is 2.18. The van der Waals surface area contributed by atoms with Gasteiger partial charge in [-0.3, -0.25) is 0 Å². The van der Waals surface area contributed by atoms with Gasteiger partial charge in [0.2, 0.25) is 0 Å². The van der Waals surface area contributed by atoms with E-state index in [2.05, 4.69) is 30.1 Å². The second-order valence-electron chi connectivity index (χ2n) is 4.61. The molecular weight excluding hydrogens is 174 g/mol. The smallest absolute Gasteiger partial charge is 0.0797 e. The minimum absolute atomic E-state index is 0.194. The van der Waals surface area contributed by atoms with Crippen LogP contribution in [-0.2, 0) is 6.42 Å². The van der Waals surface area contributed by atoms with Gasteiger partial charge in [-0.05, 0) is 31.9 Å². The van der Waals surface area contributed by atoms with E-state index in [0.717, 1.165) is 6.42 Å². The fourth-order valence-electron chi connectivity index (χ4n) is 2.26. The van der Waals surface area contributed by atoms with Crippen molar-refractivity contribution in [3.63, 3.8) is 0 Å². The van der Waals surface area contributed by atoms with Crippen molar-refractivity contribution in [1.29, 1.82) is 0 Å².